The summed E-state index contributed by atoms with van der Waals surface area (Å²) in [6.45, 7) is 8.09. The van der Waals surface area contributed by atoms with Crippen LogP contribution in [0.4, 0.5) is 0 Å². The largest absolute Gasteiger partial charge is 0.462 e. The minimum absolute atomic E-state index is 0.0197. The summed E-state index contributed by atoms with van der Waals surface area (Å²) in [5.74, 6) is -4.21. The second-order valence-corrected chi connectivity index (χ2v) is 7.45. The summed E-state index contributed by atoms with van der Waals surface area (Å²) in [6, 6.07) is 0. The number of hydrogen-bond donors (Lipinski definition) is 0. The summed E-state index contributed by atoms with van der Waals surface area (Å²) in [5.41, 5.74) is 0. The van der Waals surface area contributed by atoms with Crippen molar-refractivity contribution in [3.05, 3.63) is 0 Å². The van der Waals surface area contributed by atoms with Crippen molar-refractivity contribution in [1.29, 1.82) is 0 Å². The average molecular weight is 519 g/mol. The van der Waals surface area contributed by atoms with E-state index in [-0.39, 0.29) is 38.5 Å². The molecule has 0 aliphatic heterocycles. The lowest BCUT2D eigenvalue weighted by molar-refractivity contribution is -0.209. The lowest BCUT2D eigenvalue weighted by Crippen LogP contribution is -2.54. The van der Waals surface area contributed by atoms with E-state index >= 15 is 0 Å². The Hall–Kier alpha value is -3.18. The highest BCUT2D eigenvalue weighted by molar-refractivity contribution is 5.72. The van der Waals surface area contributed by atoms with Gasteiger partial charge in [-0.05, 0) is 0 Å². The van der Waals surface area contributed by atoms with Gasteiger partial charge in [0.1, 0.15) is 13.2 Å². The van der Waals surface area contributed by atoms with Crippen LogP contribution in [-0.2, 0) is 57.2 Å². The van der Waals surface area contributed by atoms with Gasteiger partial charge in [0.15, 0.2) is 24.4 Å². The molecule has 0 amide bonds. The highest BCUT2D eigenvalue weighted by Crippen LogP contribution is 2.22. The van der Waals surface area contributed by atoms with Crippen molar-refractivity contribution in [1.82, 2.24) is 0 Å². The molecule has 0 aliphatic rings. The van der Waals surface area contributed by atoms with Crippen molar-refractivity contribution in [2.45, 2.75) is 104 Å². The lowest BCUT2D eigenvalue weighted by atomic mass is 10.0. The Kier molecular flexibility index (Phi) is 16.5. The van der Waals surface area contributed by atoms with Gasteiger partial charge < -0.3 is 28.4 Å². The Morgan fingerprint density at radius 1 is 0.417 bits per heavy atom. The fraction of sp³-hybridized carbons (Fsp3) is 0.750. The molecule has 0 aliphatic carbocycles. The molecule has 0 aromatic heterocycles. The Morgan fingerprint density at radius 2 is 0.667 bits per heavy atom. The van der Waals surface area contributed by atoms with E-state index in [2.05, 4.69) is 0 Å². The average Bonchev–Trinajstić information content (AvgIpc) is 2.89. The molecule has 0 saturated heterocycles. The molecule has 0 fully saturated rings. The standard InChI is InChI=1S/C24H38O12/c1-7-17(25)31-13-15(33-19(27)9-3)23(35-21(29)11-5)24(36-22(30)12-6)16(34-20(28)10-4)14-32-18(26)8-2/h15-16,23-24H,7-14H2,1-6H3. The number of esters is 6. The molecule has 0 N–H and O–H groups in total. The van der Waals surface area contributed by atoms with Crippen LogP contribution in [0.2, 0.25) is 0 Å². The van der Waals surface area contributed by atoms with Gasteiger partial charge in [-0.25, -0.2) is 0 Å². The molecule has 0 spiro atoms. The molecule has 206 valence electrons. The maximum Gasteiger partial charge on any atom is 0.306 e. The molecule has 12 heteroatoms. The van der Waals surface area contributed by atoms with Crippen LogP contribution < -0.4 is 0 Å². The van der Waals surface area contributed by atoms with Gasteiger partial charge in [-0.15, -0.1) is 0 Å². The van der Waals surface area contributed by atoms with E-state index in [0.29, 0.717) is 0 Å². The van der Waals surface area contributed by atoms with Gasteiger partial charge in [0, 0.05) is 38.5 Å². The maximum absolute atomic E-state index is 12.3. The van der Waals surface area contributed by atoms with E-state index in [1.165, 1.54) is 27.7 Å². The van der Waals surface area contributed by atoms with Crippen LogP contribution in [0.25, 0.3) is 0 Å². The Labute approximate surface area is 211 Å². The summed E-state index contributed by atoms with van der Waals surface area (Å²) in [4.78, 5) is 72.7. The number of carbonyl (C=O) groups excluding carboxylic acids is 6. The van der Waals surface area contributed by atoms with Gasteiger partial charge in [0.25, 0.3) is 0 Å². The monoisotopic (exact) mass is 518 g/mol. The topological polar surface area (TPSA) is 158 Å². The number of rotatable bonds is 17. The lowest BCUT2D eigenvalue weighted by Gasteiger charge is -2.35. The summed E-state index contributed by atoms with van der Waals surface area (Å²) in [6.07, 6.45) is -6.27. The van der Waals surface area contributed by atoms with Crippen molar-refractivity contribution >= 4 is 35.8 Å². The summed E-state index contributed by atoms with van der Waals surface area (Å²) >= 11 is 0. The van der Waals surface area contributed by atoms with Crippen LogP contribution in [-0.4, -0.2) is 73.4 Å². The third-order valence-electron chi connectivity index (χ3n) is 4.71. The van der Waals surface area contributed by atoms with Crippen LogP contribution in [0.1, 0.15) is 80.1 Å². The first-order chi connectivity index (χ1) is 17.1. The quantitative estimate of drug-likeness (QED) is 0.204. The summed E-state index contributed by atoms with van der Waals surface area (Å²) in [5, 5.41) is 0. The number of hydrogen-bond acceptors (Lipinski definition) is 12. The second kappa shape index (κ2) is 18.1. The van der Waals surface area contributed by atoms with Crippen molar-refractivity contribution in [2.75, 3.05) is 13.2 Å². The second-order valence-electron chi connectivity index (χ2n) is 7.45. The van der Waals surface area contributed by atoms with Gasteiger partial charge >= 0.3 is 35.8 Å². The van der Waals surface area contributed by atoms with Crippen LogP contribution >= 0.6 is 0 Å². The van der Waals surface area contributed by atoms with Crippen LogP contribution in [0, 0.1) is 0 Å². The fourth-order valence-corrected chi connectivity index (χ4v) is 2.63. The van der Waals surface area contributed by atoms with Crippen LogP contribution in [0.3, 0.4) is 0 Å². The number of ether oxygens (including phenoxy) is 6. The Morgan fingerprint density at radius 3 is 0.917 bits per heavy atom. The highest BCUT2D eigenvalue weighted by Gasteiger charge is 2.45. The molecular weight excluding hydrogens is 480 g/mol. The highest BCUT2D eigenvalue weighted by atomic mass is 16.6. The van der Waals surface area contributed by atoms with E-state index < -0.39 is 73.4 Å². The first-order valence-electron chi connectivity index (χ1n) is 12.2. The van der Waals surface area contributed by atoms with Gasteiger partial charge in [0.05, 0.1) is 0 Å². The predicted octanol–water partition coefficient (Wildman–Crippen LogP) is 2.18. The molecule has 36 heavy (non-hydrogen) atoms. The Bertz CT molecular complexity index is 685. The van der Waals surface area contributed by atoms with Crippen molar-refractivity contribution in [3.63, 3.8) is 0 Å². The zero-order valence-electron chi connectivity index (χ0n) is 21.9. The summed E-state index contributed by atoms with van der Waals surface area (Å²) < 4.78 is 32.0. The zero-order chi connectivity index (χ0) is 27.7. The normalized spacial score (nSPS) is 13.8. The van der Waals surface area contributed by atoms with E-state index in [4.69, 9.17) is 28.4 Å². The third kappa shape index (κ3) is 12.5. The van der Waals surface area contributed by atoms with Crippen LogP contribution in [0.5, 0.6) is 0 Å². The molecular formula is C24H38O12. The first-order valence-corrected chi connectivity index (χ1v) is 12.2. The molecule has 0 rings (SSSR count). The summed E-state index contributed by atoms with van der Waals surface area (Å²) in [7, 11) is 0. The van der Waals surface area contributed by atoms with Crippen molar-refractivity contribution in [2.24, 2.45) is 0 Å². The smallest absolute Gasteiger partial charge is 0.306 e. The Balaban J connectivity index is 6.59. The predicted molar refractivity (Wildman–Crippen MR) is 123 cm³/mol. The van der Waals surface area contributed by atoms with Crippen LogP contribution in [0.15, 0.2) is 0 Å². The zero-order valence-corrected chi connectivity index (χ0v) is 21.9. The SMILES string of the molecule is CCC(=O)OCC(OC(=O)CC)C(OC(=O)CC)C(OC(=O)CC)C(COC(=O)CC)OC(=O)CC. The molecule has 0 aromatic rings. The van der Waals surface area contributed by atoms with Gasteiger partial charge in [-0.3, -0.25) is 28.8 Å². The molecule has 4 atom stereocenters. The molecule has 0 bridgehead atoms. The van der Waals surface area contributed by atoms with Gasteiger partial charge in [0.2, 0.25) is 0 Å². The van der Waals surface area contributed by atoms with E-state index in [1.54, 1.807) is 13.8 Å². The third-order valence-corrected chi connectivity index (χ3v) is 4.71. The molecule has 0 saturated carbocycles. The minimum Gasteiger partial charge on any atom is -0.462 e. The first kappa shape index (κ1) is 32.8. The number of carbonyl (C=O) groups is 6. The maximum atomic E-state index is 12.3. The van der Waals surface area contributed by atoms with Crippen molar-refractivity contribution in [3.8, 4) is 0 Å². The molecule has 0 radical (unpaired) electrons. The van der Waals surface area contributed by atoms with E-state index in [1.807, 2.05) is 0 Å². The molecule has 0 aromatic carbocycles. The van der Waals surface area contributed by atoms with Gasteiger partial charge in [-0.2, -0.15) is 0 Å². The van der Waals surface area contributed by atoms with E-state index in [9.17, 15) is 28.8 Å². The molecule has 4 unspecified atom stereocenters. The van der Waals surface area contributed by atoms with Gasteiger partial charge in [-0.1, -0.05) is 41.5 Å². The minimum atomic E-state index is -1.57. The molecule has 12 nitrogen and oxygen atoms in total. The molecule has 0 heterocycles. The fourth-order valence-electron chi connectivity index (χ4n) is 2.63. The van der Waals surface area contributed by atoms with Crippen molar-refractivity contribution < 1.29 is 57.2 Å². The van der Waals surface area contributed by atoms with E-state index in [0.717, 1.165) is 0 Å².